The maximum absolute atomic E-state index is 13.2. The summed E-state index contributed by atoms with van der Waals surface area (Å²) in [6, 6.07) is 5.09. The van der Waals surface area contributed by atoms with Gasteiger partial charge in [-0.15, -0.1) is 0 Å². The van der Waals surface area contributed by atoms with Crippen molar-refractivity contribution in [3.63, 3.8) is 0 Å². The highest BCUT2D eigenvalue weighted by atomic mass is 28.3. The van der Waals surface area contributed by atoms with Gasteiger partial charge in [-0.2, -0.15) is 13.2 Å². The van der Waals surface area contributed by atoms with Crippen molar-refractivity contribution in [3.8, 4) is 0 Å². The molecule has 0 spiro atoms. The largest absolute Gasteiger partial charge is 0.418 e. The first-order valence-electron chi connectivity index (χ1n) is 7.92. The van der Waals surface area contributed by atoms with E-state index in [-0.39, 0.29) is 16.7 Å². The zero-order valence-electron chi connectivity index (χ0n) is 14.3. The highest BCUT2D eigenvalue weighted by Gasteiger charge is 2.43. The molecule has 0 aromatic heterocycles. The Bertz CT molecular complexity index is 552. The van der Waals surface area contributed by atoms with E-state index < -0.39 is 21.3 Å². The number of halogens is 3. The van der Waals surface area contributed by atoms with Gasteiger partial charge >= 0.3 is 6.18 Å². The third-order valence-electron chi connectivity index (χ3n) is 4.66. The van der Waals surface area contributed by atoms with Gasteiger partial charge in [-0.25, -0.2) is 0 Å². The zero-order chi connectivity index (χ0) is 17.4. The second-order valence-corrected chi connectivity index (χ2v) is 10.5. The summed E-state index contributed by atoms with van der Waals surface area (Å²) in [6.45, 7) is 8.61. The number of alkyl halides is 3. The van der Waals surface area contributed by atoms with Gasteiger partial charge in [0.05, 0.1) is 6.10 Å². The summed E-state index contributed by atoms with van der Waals surface area (Å²) in [6.07, 6.45) is -5.01. The van der Waals surface area contributed by atoms with Crippen LogP contribution in [0.5, 0.6) is 0 Å². The van der Waals surface area contributed by atoms with Crippen molar-refractivity contribution < 1.29 is 22.3 Å². The highest BCUT2D eigenvalue weighted by Crippen LogP contribution is 2.44. The Morgan fingerprint density at radius 3 is 2.39 bits per heavy atom. The summed E-state index contributed by atoms with van der Waals surface area (Å²) in [5, 5.41) is 0.126. The van der Waals surface area contributed by atoms with E-state index in [1.54, 1.807) is 6.07 Å². The van der Waals surface area contributed by atoms with Crippen LogP contribution in [0.3, 0.4) is 0 Å². The molecule has 130 valence electrons. The van der Waals surface area contributed by atoms with Crippen LogP contribution in [0.1, 0.15) is 56.1 Å². The van der Waals surface area contributed by atoms with Gasteiger partial charge in [0, 0.05) is 7.11 Å². The molecule has 2 rings (SSSR count). The lowest BCUT2D eigenvalue weighted by Gasteiger charge is -2.29. The standard InChI is InChI=1S/C17H25F3O2Si/c1-16(2,3)23(5)22-14-10-9-11-12(14)7-6-8-13(11)15(21-4)17(18,19)20/h6-8,14-15,23H,9-10H2,1-5H3/t14-,15?,23?/m0/s1. The fourth-order valence-electron chi connectivity index (χ4n) is 2.92. The number of rotatable bonds is 4. The molecular formula is C17H25F3O2Si. The number of ether oxygens (including phenoxy) is 1. The average Bonchev–Trinajstić information content (AvgIpc) is 2.81. The highest BCUT2D eigenvalue weighted by molar-refractivity contribution is 6.53. The molecule has 0 aliphatic heterocycles. The van der Waals surface area contributed by atoms with E-state index in [0.29, 0.717) is 6.42 Å². The summed E-state index contributed by atoms with van der Waals surface area (Å²) in [4.78, 5) is 0. The third-order valence-corrected chi connectivity index (χ3v) is 7.83. The minimum absolute atomic E-state index is 0.0865. The molecule has 2 unspecified atom stereocenters. The van der Waals surface area contributed by atoms with Crippen LogP contribution in [0, 0.1) is 0 Å². The fraction of sp³-hybridized carbons (Fsp3) is 0.647. The molecule has 0 heterocycles. The number of benzene rings is 1. The van der Waals surface area contributed by atoms with Crippen LogP contribution < -0.4 is 0 Å². The first kappa shape index (κ1) is 18.5. The van der Waals surface area contributed by atoms with Crippen LogP contribution in [-0.2, 0) is 15.6 Å². The number of fused-ring (bicyclic) bond motifs is 1. The van der Waals surface area contributed by atoms with E-state index >= 15 is 0 Å². The molecule has 0 saturated heterocycles. The van der Waals surface area contributed by atoms with Gasteiger partial charge in [0.15, 0.2) is 15.1 Å². The van der Waals surface area contributed by atoms with Crippen LogP contribution in [0.25, 0.3) is 0 Å². The Hall–Kier alpha value is -0.853. The first-order valence-corrected chi connectivity index (χ1v) is 10.1. The second-order valence-electron chi connectivity index (χ2n) is 7.24. The normalized spacial score (nSPS) is 21.1. The summed E-state index contributed by atoms with van der Waals surface area (Å²) in [5.41, 5.74) is 1.88. The summed E-state index contributed by atoms with van der Waals surface area (Å²) in [7, 11) is -0.331. The lowest BCUT2D eigenvalue weighted by Crippen LogP contribution is -2.27. The number of methoxy groups -OCH3 is 1. The molecule has 6 heteroatoms. The molecule has 0 amide bonds. The van der Waals surface area contributed by atoms with Crippen molar-refractivity contribution in [2.45, 2.75) is 63.6 Å². The predicted octanol–water partition coefficient (Wildman–Crippen LogP) is 5.09. The van der Waals surface area contributed by atoms with E-state index in [1.165, 1.54) is 6.07 Å². The third kappa shape index (κ3) is 3.98. The van der Waals surface area contributed by atoms with Crippen LogP contribution in [-0.4, -0.2) is 22.3 Å². The number of hydrogen-bond acceptors (Lipinski definition) is 2. The van der Waals surface area contributed by atoms with E-state index in [2.05, 4.69) is 27.3 Å². The molecule has 1 aliphatic carbocycles. The maximum atomic E-state index is 13.2. The van der Waals surface area contributed by atoms with Crippen molar-refractivity contribution in [2.24, 2.45) is 0 Å². The topological polar surface area (TPSA) is 18.5 Å². The monoisotopic (exact) mass is 346 g/mol. The Balaban J connectivity index is 2.30. The fourth-order valence-corrected chi connectivity index (χ4v) is 4.10. The van der Waals surface area contributed by atoms with Gasteiger partial charge in [-0.3, -0.25) is 0 Å². The number of hydrogen-bond donors (Lipinski definition) is 0. The Morgan fingerprint density at radius 2 is 1.87 bits per heavy atom. The molecule has 0 saturated carbocycles. The molecule has 2 nitrogen and oxygen atoms in total. The van der Waals surface area contributed by atoms with Crippen molar-refractivity contribution in [1.29, 1.82) is 0 Å². The Kier molecular flexibility index (Phi) is 5.28. The van der Waals surface area contributed by atoms with E-state index in [1.807, 2.05) is 6.07 Å². The summed E-state index contributed by atoms with van der Waals surface area (Å²) < 4.78 is 50.6. The first-order chi connectivity index (χ1) is 10.6. The zero-order valence-corrected chi connectivity index (χ0v) is 15.5. The Labute approximate surface area is 137 Å². The quantitative estimate of drug-likeness (QED) is 0.707. The van der Waals surface area contributed by atoms with Crippen molar-refractivity contribution in [1.82, 2.24) is 0 Å². The van der Waals surface area contributed by atoms with Crippen LogP contribution in [0.2, 0.25) is 11.6 Å². The maximum Gasteiger partial charge on any atom is 0.418 e. The molecule has 23 heavy (non-hydrogen) atoms. The molecular weight excluding hydrogens is 321 g/mol. The predicted molar refractivity (Wildman–Crippen MR) is 87.1 cm³/mol. The van der Waals surface area contributed by atoms with Gasteiger partial charge in [-0.1, -0.05) is 39.0 Å². The molecule has 1 aliphatic rings. The second kappa shape index (κ2) is 6.57. The molecule has 0 fully saturated rings. The minimum Gasteiger partial charge on any atom is -0.413 e. The molecule has 0 bridgehead atoms. The van der Waals surface area contributed by atoms with Crippen molar-refractivity contribution in [2.75, 3.05) is 7.11 Å². The van der Waals surface area contributed by atoms with Gasteiger partial charge in [0.25, 0.3) is 0 Å². The average molecular weight is 346 g/mol. The van der Waals surface area contributed by atoms with Crippen LogP contribution >= 0.6 is 0 Å². The van der Waals surface area contributed by atoms with Gasteiger partial charge in [0.1, 0.15) is 0 Å². The smallest absolute Gasteiger partial charge is 0.413 e. The van der Waals surface area contributed by atoms with E-state index in [9.17, 15) is 13.2 Å². The summed E-state index contributed by atoms with van der Waals surface area (Å²) in [5.74, 6) is 0. The lowest BCUT2D eigenvalue weighted by atomic mass is 9.98. The van der Waals surface area contributed by atoms with Crippen molar-refractivity contribution >= 4 is 9.04 Å². The van der Waals surface area contributed by atoms with Gasteiger partial charge < -0.3 is 9.16 Å². The van der Waals surface area contributed by atoms with Crippen LogP contribution in [0.15, 0.2) is 18.2 Å². The lowest BCUT2D eigenvalue weighted by molar-refractivity contribution is -0.216. The van der Waals surface area contributed by atoms with Gasteiger partial charge in [-0.05, 0) is 41.1 Å². The van der Waals surface area contributed by atoms with E-state index in [0.717, 1.165) is 24.7 Å². The molecule has 3 atom stereocenters. The van der Waals surface area contributed by atoms with Gasteiger partial charge in [0.2, 0.25) is 0 Å². The summed E-state index contributed by atoms with van der Waals surface area (Å²) >= 11 is 0. The minimum atomic E-state index is -4.41. The molecule has 1 aromatic rings. The van der Waals surface area contributed by atoms with Crippen LogP contribution in [0.4, 0.5) is 13.2 Å². The molecule has 0 N–H and O–H groups in total. The molecule has 1 aromatic carbocycles. The van der Waals surface area contributed by atoms with Crippen molar-refractivity contribution in [3.05, 3.63) is 34.9 Å². The molecule has 0 radical (unpaired) electrons. The SMILES string of the molecule is COC(c1cccc2c1CC[C@@H]2O[SiH](C)C(C)(C)C)C(F)(F)F. The Morgan fingerprint density at radius 1 is 1.22 bits per heavy atom. The van der Waals surface area contributed by atoms with E-state index in [4.69, 9.17) is 9.16 Å².